The molecule has 0 aromatic carbocycles. The van der Waals surface area contributed by atoms with Gasteiger partial charge in [-0.05, 0) is 13.8 Å². The van der Waals surface area contributed by atoms with Crippen molar-refractivity contribution in [2.75, 3.05) is 0 Å². The van der Waals surface area contributed by atoms with Crippen LogP contribution in [0.25, 0.3) is 0 Å². The summed E-state index contributed by atoms with van der Waals surface area (Å²) < 4.78 is 4.89. The molecule has 1 heterocycles. The molecule has 0 aliphatic carbocycles. The van der Waals surface area contributed by atoms with Crippen LogP contribution in [0, 0.1) is 0 Å². The van der Waals surface area contributed by atoms with E-state index in [0.717, 1.165) is 0 Å². The number of carbonyl (C=O) groups excluding carboxylic acids is 1. The van der Waals surface area contributed by atoms with Gasteiger partial charge in [-0.1, -0.05) is 0 Å². The van der Waals surface area contributed by atoms with E-state index in [1.807, 2.05) is 0 Å². The van der Waals surface area contributed by atoms with Gasteiger partial charge in [0.15, 0.2) is 0 Å². The number of carbonyl (C=O) groups is 1. The fourth-order valence-electron chi connectivity index (χ4n) is 0.960. The first kappa shape index (κ1) is 10.4. The van der Waals surface area contributed by atoms with Crippen LogP contribution >= 0.6 is 0 Å². The standard InChI is InChI=1S/C9H12N2O3/c1-6(2)14-8(12)3-7-4-10-5-11-9(7)13/h4-6H,3H2,1-2H3,(H,10,11,13). The largest absolute Gasteiger partial charge is 0.463 e. The first-order valence-electron chi connectivity index (χ1n) is 4.30. The van der Waals surface area contributed by atoms with Gasteiger partial charge in [0.05, 0.1) is 18.9 Å². The summed E-state index contributed by atoms with van der Waals surface area (Å²) in [6, 6.07) is 0. The Morgan fingerprint density at radius 3 is 2.93 bits per heavy atom. The number of nitrogens with one attached hydrogen (secondary N) is 1. The molecule has 0 amide bonds. The lowest BCUT2D eigenvalue weighted by Gasteiger charge is -2.06. The van der Waals surface area contributed by atoms with Crippen LogP contribution in [-0.4, -0.2) is 22.0 Å². The summed E-state index contributed by atoms with van der Waals surface area (Å²) >= 11 is 0. The van der Waals surface area contributed by atoms with Crippen LogP contribution in [-0.2, 0) is 16.0 Å². The Morgan fingerprint density at radius 2 is 2.36 bits per heavy atom. The van der Waals surface area contributed by atoms with Crippen LogP contribution in [0.1, 0.15) is 19.4 Å². The second-order valence-corrected chi connectivity index (χ2v) is 3.12. The predicted octanol–water partition coefficient (Wildman–Crippen LogP) is 0.264. The van der Waals surface area contributed by atoms with Crippen LogP contribution in [0.15, 0.2) is 17.3 Å². The Bertz CT molecular complexity index is 370. The van der Waals surface area contributed by atoms with Crippen molar-refractivity contribution in [2.45, 2.75) is 26.4 Å². The molecule has 0 aliphatic rings. The summed E-state index contributed by atoms with van der Waals surface area (Å²) in [6.07, 6.45) is 2.43. The fourth-order valence-corrected chi connectivity index (χ4v) is 0.960. The second-order valence-electron chi connectivity index (χ2n) is 3.12. The number of H-pyrrole nitrogens is 1. The van der Waals surface area contributed by atoms with Crippen molar-refractivity contribution in [2.24, 2.45) is 0 Å². The van der Waals surface area contributed by atoms with Crippen molar-refractivity contribution in [3.05, 3.63) is 28.4 Å². The summed E-state index contributed by atoms with van der Waals surface area (Å²) in [5.74, 6) is -0.418. The molecule has 0 saturated heterocycles. The summed E-state index contributed by atoms with van der Waals surface area (Å²) in [5, 5.41) is 0. The van der Waals surface area contributed by atoms with E-state index < -0.39 is 5.97 Å². The lowest BCUT2D eigenvalue weighted by molar-refractivity contribution is -0.146. The molecular weight excluding hydrogens is 184 g/mol. The number of aromatic nitrogens is 2. The molecule has 0 fully saturated rings. The maximum atomic E-state index is 11.2. The molecule has 5 heteroatoms. The molecule has 1 N–H and O–H groups in total. The lowest BCUT2D eigenvalue weighted by atomic mass is 10.2. The monoisotopic (exact) mass is 196 g/mol. The van der Waals surface area contributed by atoms with E-state index in [-0.39, 0.29) is 18.1 Å². The van der Waals surface area contributed by atoms with Crippen molar-refractivity contribution in [1.82, 2.24) is 9.97 Å². The number of esters is 1. The van der Waals surface area contributed by atoms with E-state index in [0.29, 0.717) is 5.56 Å². The van der Waals surface area contributed by atoms with Gasteiger partial charge >= 0.3 is 5.97 Å². The maximum Gasteiger partial charge on any atom is 0.310 e. The summed E-state index contributed by atoms with van der Waals surface area (Å²) in [7, 11) is 0. The number of aromatic amines is 1. The molecule has 1 aromatic heterocycles. The van der Waals surface area contributed by atoms with Crippen molar-refractivity contribution < 1.29 is 9.53 Å². The van der Waals surface area contributed by atoms with E-state index >= 15 is 0 Å². The number of hydrogen-bond donors (Lipinski definition) is 1. The normalized spacial score (nSPS) is 10.2. The SMILES string of the molecule is CC(C)OC(=O)Cc1cnc[nH]c1=O. The van der Waals surface area contributed by atoms with Gasteiger partial charge in [0.2, 0.25) is 0 Å². The highest BCUT2D eigenvalue weighted by Gasteiger charge is 2.09. The van der Waals surface area contributed by atoms with E-state index in [2.05, 4.69) is 9.97 Å². The third-order valence-electron chi connectivity index (χ3n) is 1.49. The van der Waals surface area contributed by atoms with Gasteiger partial charge in [-0.2, -0.15) is 0 Å². The van der Waals surface area contributed by atoms with Crippen molar-refractivity contribution >= 4 is 5.97 Å². The molecule has 5 nitrogen and oxygen atoms in total. The first-order valence-corrected chi connectivity index (χ1v) is 4.30. The third kappa shape index (κ3) is 3.01. The Morgan fingerprint density at radius 1 is 1.64 bits per heavy atom. The average molecular weight is 196 g/mol. The van der Waals surface area contributed by atoms with Gasteiger partial charge in [0, 0.05) is 11.8 Å². The van der Waals surface area contributed by atoms with Crippen LogP contribution in [0.5, 0.6) is 0 Å². The zero-order valence-electron chi connectivity index (χ0n) is 8.11. The van der Waals surface area contributed by atoms with Gasteiger partial charge in [-0.15, -0.1) is 0 Å². The molecule has 1 aromatic rings. The molecule has 1 rings (SSSR count). The van der Waals surface area contributed by atoms with Crippen LogP contribution in [0.4, 0.5) is 0 Å². The smallest absolute Gasteiger partial charge is 0.310 e. The zero-order valence-corrected chi connectivity index (χ0v) is 8.11. The highest BCUT2D eigenvalue weighted by Crippen LogP contribution is 1.95. The van der Waals surface area contributed by atoms with Crippen LogP contribution < -0.4 is 5.56 Å². The minimum absolute atomic E-state index is 0.0403. The Balaban J connectivity index is 2.65. The predicted molar refractivity (Wildman–Crippen MR) is 49.8 cm³/mol. The summed E-state index contributed by atoms with van der Waals surface area (Å²) in [4.78, 5) is 28.4. The van der Waals surface area contributed by atoms with Crippen molar-refractivity contribution in [3.63, 3.8) is 0 Å². The Kier molecular flexibility index (Phi) is 3.39. The number of rotatable bonds is 3. The maximum absolute atomic E-state index is 11.2. The molecule has 0 aliphatic heterocycles. The highest BCUT2D eigenvalue weighted by molar-refractivity contribution is 5.72. The Hall–Kier alpha value is -1.65. The molecule has 0 saturated carbocycles. The topological polar surface area (TPSA) is 72.0 Å². The number of nitrogens with zero attached hydrogens (tertiary/aromatic N) is 1. The van der Waals surface area contributed by atoms with Gasteiger partial charge in [0.25, 0.3) is 5.56 Å². The molecule has 76 valence electrons. The molecule has 0 radical (unpaired) electrons. The summed E-state index contributed by atoms with van der Waals surface area (Å²) in [6.45, 7) is 3.51. The number of hydrogen-bond acceptors (Lipinski definition) is 4. The quantitative estimate of drug-likeness (QED) is 0.704. The molecule has 14 heavy (non-hydrogen) atoms. The van der Waals surface area contributed by atoms with Gasteiger partial charge in [-0.3, -0.25) is 9.59 Å². The van der Waals surface area contributed by atoms with Crippen LogP contribution in [0.2, 0.25) is 0 Å². The van der Waals surface area contributed by atoms with E-state index in [1.165, 1.54) is 12.5 Å². The first-order chi connectivity index (χ1) is 6.59. The minimum Gasteiger partial charge on any atom is -0.463 e. The molecule has 0 atom stereocenters. The highest BCUT2D eigenvalue weighted by atomic mass is 16.5. The average Bonchev–Trinajstić information content (AvgIpc) is 2.07. The fraction of sp³-hybridized carbons (Fsp3) is 0.444. The van der Waals surface area contributed by atoms with Gasteiger partial charge in [-0.25, -0.2) is 4.98 Å². The Labute approximate surface area is 81.1 Å². The molecule has 0 bridgehead atoms. The molecule has 0 unspecified atom stereocenters. The van der Waals surface area contributed by atoms with Gasteiger partial charge in [0.1, 0.15) is 0 Å². The molecule has 0 spiro atoms. The number of ether oxygens (including phenoxy) is 1. The van der Waals surface area contributed by atoms with Gasteiger partial charge < -0.3 is 9.72 Å². The van der Waals surface area contributed by atoms with Crippen molar-refractivity contribution in [1.29, 1.82) is 0 Å². The lowest BCUT2D eigenvalue weighted by Crippen LogP contribution is -2.20. The molecular formula is C9H12N2O3. The van der Waals surface area contributed by atoms with E-state index in [1.54, 1.807) is 13.8 Å². The summed E-state index contributed by atoms with van der Waals surface area (Å²) in [5.41, 5.74) is 0.0128. The van der Waals surface area contributed by atoms with Crippen LogP contribution in [0.3, 0.4) is 0 Å². The zero-order chi connectivity index (χ0) is 10.6. The third-order valence-corrected chi connectivity index (χ3v) is 1.49. The van der Waals surface area contributed by atoms with Crippen molar-refractivity contribution in [3.8, 4) is 0 Å². The van der Waals surface area contributed by atoms with E-state index in [9.17, 15) is 9.59 Å². The van der Waals surface area contributed by atoms with E-state index in [4.69, 9.17) is 4.74 Å². The minimum atomic E-state index is -0.418. The second kappa shape index (κ2) is 4.55.